The summed E-state index contributed by atoms with van der Waals surface area (Å²) in [5.41, 5.74) is 0. The smallest absolute Gasteiger partial charge is 0.0594 e. The number of hydrogen-bond acceptors (Lipinski definition) is 4. The second-order valence-electron chi connectivity index (χ2n) is 5.43. The number of morpholine rings is 1. The topological polar surface area (TPSA) is 27.7 Å². The van der Waals surface area contributed by atoms with Crippen molar-refractivity contribution in [2.75, 3.05) is 66.1 Å². The highest BCUT2D eigenvalue weighted by atomic mass is 16.5. The molecule has 17 heavy (non-hydrogen) atoms. The minimum absolute atomic E-state index is 0.860. The molecule has 0 spiro atoms. The van der Waals surface area contributed by atoms with Crippen molar-refractivity contribution in [1.29, 1.82) is 0 Å². The third-order valence-corrected chi connectivity index (χ3v) is 3.86. The molecule has 0 saturated carbocycles. The summed E-state index contributed by atoms with van der Waals surface area (Å²) in [6, 6.07) is 0. The number of rotatable bonds is 5. The molecule has 2 rings (SSSR count). The minimum Gasteiger partial charge on any atom is -0.379 e. The highest BCUT2D eigenvalue weighted by Crippen LogP contribution is 2.13. The molecule has 2 aliphatic heterocycles. The van der Waals surface area contributed by atoms with Crippen molar-refractivity contribution in [1.82, 2.24) is 15.1 Å². The molecule has 4 heteroatoms. The van der Waals surface area contributed by atoms with E-state index in [-0.39, 0.29) is 0 Å². The molecule has 2 aliphatic rings. The molecule has 0 radical (unpaired) electrons. The molecule has 2 saturated heterocycles. The zero-order valence-corrected chi connectivity index (χ0v) is 11.2. The van der Waals surface area contributed by atoms with E-state index in [1.54, 1.807) is 0 Å². The molecule has 0 aromatic rings. The third-order valence-electron chi connectivity index (χ3n) is 3.86. The molecular weight excluding hydrogens is 214 g/mol. The summed E-state index contributed by atoms with van der Waals surface area (Å²) in [4.78, 5) is 4.95. The number of nitrogens with zero attached hydrogens (tertiary/aromatic N) is 2. The Morgan fingerprint density at radius 3 is 2.82 bits per heavy atom. The van der Waals surface area contributed by atoms with Crippen molar-refractivity contribution in [2.45, 2.75) is 12.8 Å². The number of likely N-dealkylation sites (tertiary alicyclic amines) is 1. The van der Waals surface area contributed by atoms with Crippen molar-refractivity contribution < 1.29 is 4.74 Å². The molecule has 0 aromatic carbocycles. The monoisotopic (exact) mass is 241 g/mol. The highest BCUT2D eigenvalue weighted by Gasteiger charge is 2.16. The standard InChI is InChI=1S/C13H27N3O/c1-15-5-2-3-13(12-15)11-14-4-6-16-7-9-17-10-8-16/h13-14H,2-12H2,1H3. The van der Waals surface area contributed by atoms with Crippen molar-refractivity contribution >= 4 is 0 Å². The quantitative estimate of drug-likeness (QED) is 0.698. The van der Waals surface area contributed by atoms with Crippen LogP contribution in [0.5, 0.6) is 0 Å². The molecule has 1 atom stereocenters. The van der Waals surface area contributed by atoms with Gasteiger partial charge in [0.05, 0.1) is 13.2 Å². The van der Waals surface area contributed by atoms with E-state index in [4.69, 9.17) is 4.74 Å². The lowest BCUT2D eigenvalue weighted by atomic mass is 9.98. The van der Waals surface area contributed by atoms with E-state index >= 15 is 0 Å². The average Bonchev–Trinajstić information content (AvgIpc) is 2.36. The van der Waals surface area contributed by atoms with Gasteiger partial charge in [0.25, 0.3) is 0 Å². The van der Waals surface area contributed by atoms with Gasteiger partial charge in [0.2, 0.25) is 0 Å². The molecule has 100 valence electrons. The zero-order valence-electron chi connectivity index (χ0n) is 11.2. The lowest BCUT2D eigenvalue weighted by molar-refractivity contribution is 0.0382. The Morgan fingerprint density at radius 1 is 1.24 bits per heavy atom. The van der Waals surface area contributed by atoms with Crippen LogP contribution in [0.3, 0.4) is 0 Å². The maximum absolute atomic E-state index is 5.35. The summed E-state index contributed by atoms with van der Waals surface area (Å²) in [5, 5.41) is 3.61. The number of nitrogens with one attached hydrogen (secondary N) is 1. The van der Waals surface area contributed by atoms with Gasteiger partial charge in [0.1, 0.15) is 0 Å². The normalized spacial score (nSPS) is 28.4. The maximum Gasteiger partial charge on any atom is 0.0594 e. The molecule has 2 heterocycles. The Balaban J connectivity index is 1.50. The fraction of sp³-hybridized carbons (Fsp3) is 1.00. The summed E-state index contributed by atoms with van der Waals surface area (Å²) in [6.45, 7) is 10.1. The van der Waals surface area contributed by atoms with Gasteiger partial charge in [0.15, 0.2) is 0 Å². The van der Waals surface area contributed by atoms with Gasteiger partial charge in [-0.3, -0.25) is 4.90 Å². The lowest BCUT2D eigenvalue weighted by Gasteiger charge is -2.30. The van der Waals surface area contributed by atoms with Gasteiger partial charge in [0, 0.05) is 32.7 Å². The Hall–Kier alpha value is -0.160. The van der Waals surface area contributed by atoms with Gasteiger partial charge >= 0.3 is 0 Å². The van der Waals surface area contributed by atoms with E-state index in [0.717, 1.165) is 38.8 Å². The van der Waals surface area contributed by atoms with Crippen molar-refractivity contribution in [3.05, 3.63) is 0 Å². The Bertz CT molecular complexity index is 207. The van der Waals surface area contributed by atoms with Crippen LogP contribution in [0, 0.1) is 5.92 Å². The largest absolute Gasteiger partial charge is 0.379 e. The van der Waals surface area contributed by atoms with E-state index in [2.05, 4.69) is 22.2 Å². The average molecular weight is 241 g/mol. The van der Waals surface area contributed by atoms with E-state index in [1.165, 1.54) is 39.0 Å². The number of hydrogen-bond donors (Lipinski definition) is 1. The summed E-state index contributed by atoms with van der Waals surface area (Å²) in [7, 11) is 2.24. The van der Waals surface area contributed by atoms with Crippen LogP contribution in [-0.4, -0.2) is 75.9 Å². The minimum atomic E-state index is 0.860. The Kier molecular flexibility index (Phi) is 5.71. The van der Waals surface area contributed by atoms with Crippen molar-refractivity contribution in [3.8, 4) is 0 Å². The van der Waals surface area contributed by atoms with Crippen LogP contribution in [0.1, 0.15) is 12.8 Å². The van der Waals surface area contributed by atoms with Crippen LogP contribution in [0.2, 0.25) is 0 Å². The first kappa shape index (κ1) is 13.3. The molecular formula is C13H27N3O. The molecule has 0 aliphatic carbocycles. The second-order valence-corrected chi connectivity index (χ2v) is 5.43. The fourth-order valence-corrected chi connectivity index (χ4v) is 2.81. The Morgan fingerprint density at radius 2 is 2.06 bits per heavy atom. The van der Waals surface area contributed by atoms with Crippen molar-refractivity contribution in [2.24, 2.45) is 5.92 Å². The van der Waals surface area contributed by atoms with Crippen LogP contribution in [0.25, 0.3) is 0 Å². The van der Waals surface area contributed by atoms with Gasteiger partial charge in [-0.2, -0.15) is 0 Å². The van der Waals surface area contributed by atoms with Crippen LogP contribution < -0.4 is 5.32 Å². The first-order valence-electron chi connectivity index (χ1n) is 7.04. The van der Waals surface area contributed by atoms with Gasteiger partial charge in [-0.1, -0.05) is 0 Å². The van der Waals surface area contributed by atoms with Gasteiger partial charge in [-0.15, -0.1) is 0 Å². The molecule has 0 amide bonds. The maximum atomic E-state index is 5.35. The van der Waals surface area contributed by atoms with E-state index in [0.29, 0.717) is 0 Å². The predicted octanol–water partition coefficient (Wildman–Crippen LogP) is 0.250. The van der Waals surface area contributed by atoms with E-state index in [9.17, 15) is 0 Å². The number of ether oxygens (including phenoxy) is 1. The third kappa shape index (κ3) is 4.92. The molecule has 0 aromatic heterocycles. The summed E-state index contributed by atoms with van der Waals surface area (Å²) in [6.07, 6.45) is 2.77. The lowest BCUT2D eigenvalue weighted by Crippen LogP contribution is -2.42. The molecule has 0 bridgehead atoms. The fourth-order valence-electron chi connectivity index (χ4n) is 2.81. The molecule has 1 N–H and O–H groups in total. The van der Waals surface area contributed by atoms with Gasteiger partial charge < -0.3 is 15.0 Å². The summed E-state index contributed by atoms with van der Waals surface area (Å²) < 4.78 is 5.35. The SMILES string of the molecule is CN1CCCC(CNCCN2CCOCC2)C1. The second kappa shape index (κ2) is 7.31. The van der Waals surface area contributed by atoms with Crippen LogP contribution >= 0.6 is 0 Å². The van der Waals surface area contributed by atoms with Gasteiger partial charge in [-0.05, 0) is 38.9 Å². The van der Waals surface area contributed by atoms with E-state index in [1.807, 2.05) is 0 Å². The van der Waals surface area contributed by atoms with E-state index < -0.39 is 0 Å². The molecule has 2 fully saturated rings. The first-order valence-corrected chi connectivity index (χ1v) is 7.04. The highest BCUT2D eigenvalue weighted by molar-refractivity contribution is 4.73. The van der Waals surface area contributed by atoms with Crippen molar-refractivity contribution in [3.63, 3.8) is 0 Å². The predicted molar refractivity (Wildman–Crippen MR) is 70.3 cm³/mol. The van der Waals surface area contributed by atoms with Crippen LogP contribution in [0.4, 0.5) is 0 Å². The molecule has 4 nitrogen and oxygen atoms in total. The zero-order chi connectivity index (χ0) is 11.9. The van der Waals surface area contributed by atoms with Crippen LogP contribution in [0.15, 0.2) is 0 Å². The van der Waals surface area contributed by atoms with Gasteiger partial charge in [-0.25, -0.2) is 0 Å². The summed E-state index contributed by atoms with van der Waals surface area (Å²) in [5.74, 6) is 0.860. The summed E-state index contributed by atoms with van der Waals surface area (Å²) >= 11 is 0. The first-order chi connectivity index (χ1) is 8.34. The molecule has 1 unspecified atom stereocenters. The van der Waals surface area contributed by atoms with Crippen LogP contribution in [-0.2, 0) is 4.74 Å². The number of piperidine rings is 1. The Labute approximate surface area is 105 Å².